The van der Waals surface area contributed by atoms with Crippen LogP contribution in [0.15, 0.2) is 48.5 Å². The molecule has 4 heteroatoms. The quantitative estimate of drug-likeness (QED) is 0.403. The first-order chi connectivity index (χ1) is 13.7. The lowest BCUT2D eigenvalue weighted by Gasteiger charge is -2.09. The van der Waals surface area contributed by atoms with Crippen LogP contribution in [0.5, 0.6) is 11.5 Å². The molecular weight excluding hydrogens is 350 g/mol. The van der Waals surface area contributed by atoms with E-state index >= 15 is 0 Å². The Morgan fingerprint density at radius 2 is 1.25 bits per heavy atom. The van der Waals surface area contributed by atoms with E-state index in [9.17, 15) is 4.79 Å². The van der Waals surface area contributed by atoms with Crippen LogP contribution >= 0.6 is 0 Å². The van der Waals surface area contributed by atoms with Crippen molar-refractivity contribution in [1.29, 1.82) is 0 Å². The monoisotopic (exact) mass is 383 g/mol. The lowest BCUT2D eigenvalue weighted by Crippen LogP contribution is -2.11. The first-order valence-corrected chi connectivity index (χ1v) is 10.5. The van der Waals surface area contributed by atoms with Gasteiger partial charge >= 0.3 is 0 Å². The number of hydrogen-bond acceptors (Lipinski definition) is 3. The fourth-order valence-electron chi connectivity index (χ4n) is 2.77. The molecule has 0 aliphatic rings. The molecule has 0 spiro atoms. The zero-order chi connectivity index (χ0) is 20.0. The topological polar surface area (TPSA) is 47.6 Å². The molecule has 0 bridgehead atoms. The minimum absolute atomic E-state index is 0.134. The second-order valence-corrected chi connectivity index (χ2v) is 6.97. The number of ether oxygens (including phenoxy) is 2. The molecule has 2 rings (SSSR count). The molecule has 0 aliphatic heterocycles. The summed E-state index contributed by atoms with van der Waals surface area (Å²) in [5.74, 6) is 1.49. The minimum Gasteiger partial charge on any atom is -0.494 e. The summed E-state index contributed by atoms with van der Waals surface area (Å²) in [6.45, 7) is 5.79. The second kappa shape index (κ2) is 12.8. The highest BCUT2D eigenvalue weighted by Crippen LogP contribution is 2.18. The van der Waals surface area contributed by atoms with E-state index in [0.29, 0.717) is 5.56 Å². The third kappa shape index (κ3) is 8.03. The minimum atomic E-state index is -0.134. The summed E-state index contributed by atoms with van der Waals surface area (Å²) in [7, 11) is 0. The molecule has 152 valence electrons. The molecular formula is C24H33NO3. The average Bonchev–Trinajstić information content (AvgIpc) is 2.72. The highest BCUT2D eigenvalue weighted by atomic mass is 16.5. The summed E-state index contributed by atoms with van der Waals surface area (Å²) in [5, 5.41) is 2.91. The van der Waals surface area contributed by atoms with Crippen molar-refractivity contribution in [2.24, 2.45) is 0 Å². The molecule has 2 aromatic carbocycles. The molecule has 0 unspecified atom stereocenters. The van der Waals surface area contributed by atoms with Gasteiger partial charge in [-0.1, -0.05) is 46.0 Å². The summed E-state index contributed by atoms with van der Waals surface area (Å²) >= 11 is 0. The number of unbranched alkanes of at least 4 members (excludes halogenated alkanes) is 5. The Labute approximate surface area is 169 Å². The van der Waals surface area contributed by atoms with Crippen molar-refractivity contribution in [3.63, 3.8) is 0 Å². The van der Waals surface area contributed by atoms with Gasteiger partial charge in [0, 0.05) is 11.3 Å². The molecule has 0 heterocycles. The molecule has 0 saturated carbocycles. The van der Waals surface area contributed by atoms with Crippen molar-refractivity contribution in [2.75, 3.05) is 18.5 Å². The first-order valence-electron chi connectivity index (χ1n) is 10.5. The molecule has 0 aromatic heterocycles. The van der Waals surface area contributed by atoms with Gasteiger partial charge in [-0.15, -0.1) is 0 Å². The highest BCUT2D eigenvalue weighted by molar-refractivity contribution is 6.04. The van der Waals surface area contributed by atoms with Gasteiger partial charge in [-0.3, -0.25) is 4.79 Å². The van der Waals surface area contributed by atoms with Gasteiger partial charge in [-0.25, -0.2) is 0 Å². The summed E-state index contributed by atoms with van der Waals surface area (Å²) in [6.07, 6.45) is 8.23. The van der Waals surface area contributed by atoms with E-state index < -0.39 is 0 Å². The van der Waals surface area contributed by atoms with Crippen LogP contribution in [0.4, 0.5) is 5.69 Å². The van der Waals surface area contributed by atoms with Gasteiger partial charge in [0.25, 0.3) is 5.91 Å². The van der Waals surface area contributed by atoms with E-state index in [1.807, 2.05) is 36.4 Å². The predicted octanol–water partition coefficient (Wildman–Crippen LogP) is 6.47. The van der Waals surface area contributed by atoms with E-state index in [1.165, 1.54) is 25.7 Å². The van der Waals surface area contributed by atoms with Gasteiger partial charge in [0.2, 0.25) is 0 Å². The number of carbonyl (C=O) groups is 1. The first kappa shape index (κ1) is 21.8. The number of amides is 1. The summed E-state index contributed by atoms with van der Waals surface area (Å²) in [6, 6.07) is 14.8. The molecule has 1 amide bonds. The predicted molar refractivity (Wildman–Crippen MR) is 115 cm³/mol. The van der Waals surface area contributed by atoms with E-state index in [2.05, 4.69) is 19.2 Å². The van der Waals surface area contributed by atoms with Crippen molar-refractivity contribution in [2.45, 2.75) is 58.8 Å². The Morgan fingerprint density at radius 3 is 1.86 bits per heavy atom. The number of rotatable bonds is 13. The van der Waals surface area contributed by atoms with E-state index in [1.54, 1.807) is 12.1 Å². The molecule has 0 fully saturated rings. The zero-order valence-corrected chi connectivity index (χ0v) is 17.2. The number of benzene rings is 2. The van der Waals surface area contributed by atoms with E-state index in [-0.39, 0.29) is 5.91 Å². The molecule has 0 aliphatic carbocycles. The van der Waals surface area contributed by atoms with Crippen LogP contribution in [-0.2, 0) is 0 Å². The third-order valence-electron chi connectivity index (χ3n) is 4.51. The standard InChI is InChI=1S/C24H33NO3/c1-3-5-7-8-9-19-28-22-14-10-20(11-15-22)24(26)25-21-12-16-23(17-13-21)27-18-6-4-2/h10-17H,3-9,18-19H2,1-2H3,(H,25,26). The van der Waals surface area contributed by atoms with Gasteiger partial charge < -0.3 is 14.8 Å². The molecule has 0 saturated heterocycles. The van der Waals surface area contributed by atoms with E-state index in [0.717, 1.165) is 49.7 Å². The van der Waals surface area contributed by atoms with Gasteiger partial charge in [0.1, 0.15) is 11.5 Å². The van der Waals surface area contributed by atoms with Crippen molar-refractivity contribution < 1.29 is 14.3 Å². The number of hydrogen-bond donors (Lipinski definition) is 1. The van der Waals surface area contributed by atoms with Crippen LogP contribution in [0.2, 0.25) is 0 Å². The van der Waals surface area contributed by atoms with Crippen molar-refractivity contribution in [1.82, 2.24) is 0 Å². The summed E-state index contributed by atoms with van der Waals surface area (Å²) < 4.78 is 11.4. The average molecular weight is 384 g/mol. The lowest BCUT2D eigenvalue weighted by molar-refractivity contribution is 0.102. The van der Waals surface area contributed by atoms with Crippen LogP contribution in [0, 0.1) is 0 Å². The Balaban J connectivity index is 1.76. The summed E-state index contributed by atoms with van der Waals surface area (Å²) in [5.41, 5.74) is 1.36. The normalized spacial score (nSPS) is 10.5. The molecule has 0 radical (unpaired) electrons. The largest absolute Gasteiger partial charge is 0.494 e. The van der Waals surface area contributed by atoms with Gasteiger partial charge in [0.15, 0.2) is 0 Å². The molecule has 2 aromatic rings. The second-order valence-electron chi connectivity index (χ2n) is 6.97. The van der Waals surface area contributed by atoms with Gasteiger partial charge in [0.05, 0.1) is 13.2 Å². The van der Waals surface area contributed by atoms with Crippen molar-refractivity contribution in [3.05, 3.63) is 54.1 Å². The number of nitrogens with one attached hydrogen (secondary N) is 1. The van der Waals surface area contributed by atoms with Crippen molar-refractivity contribution in [3.8, 4) is 11.5 Å². The van der Waals surface area contributed by atoms with Crippen LogP contribution in [0.25, 0.3) is 0 Å². The Kier molecular flexibility index (Phi) is 9.98. The van der Waals surface area contributed by atoms with Crippen LogP contribution in [0.1, 0.15) is 69.2 Å². The zero-order valence-electron chi connectivity index (χ0n) is 17.2. The summed E-state index contributed by atoms with van der Waals surface area (Å²) in [4.78, 5) is 12.4. The number of anilines is 1. The Bertz CT molecular complexity index is 680. The maximum absolute atomic E-state index is 12.4. The highest BCUT2D eigenvalue weighted by Gasteiger charge is 2.07. The Morgan fingerprint density at radius 1 is 0.714 bits per heavy atom. The number of carbonyl (C=O) groups excluding carboxylic acids is 1. The third-order valence-corrected chi connectivity index (χ3v) is 4.51. The van der Waals surface area contributed by atoms with Crippen LogP contribution in [-0.4, -0.2) is 19.1 Å². The van der Waals surface area contributed by atoms with E-state index in [4.69, 9.17) is 9.47 Å². The van der Waals surface area contributed by atoms with Crippen LogP contribution < -0.4 is 14.8 Å². The van der Waals surface area contributed by atoms with Crippen molar-refractivity contribution >= 4 is 11.6 Å². The SMILES string of the molecule is CCCCCCCOc1ccc(C(=O)Nc2ccc(OCCCC)cc2)cc1. The molecule has 28 heavy (non-hydrogen) atoms. The Hall–Kier alpha value is -2.49. The van der Waals surface area contributed by atoms with Gasteiger partial charge in [-0.05, 0) is 61.4 Å². The fraction of sp³-hybridized carbons (Fsp3) is 0.458. The maximum Gasteiger partial charge on any atom is 0.255 e. The molecule has 1 N–H and O–H groups in total. The van der Waals surface area contributed by atoms with Crippen LogP contribution in [0.3, 0.4) is 0 Å². The fourth-order valence-corrected chi connectivity index (χ4v) is 2.77. The molecule has 0 atom stereocenters. The lowest BCUT2D eigenvalue weighted by atomic mass is 10.1. The molecule has 4 nitrogen and oxygen atoms in total. The maximum atomic E-state index is 12.4. The van der Waals surface area contributed by atoms with Gasteiger partial charge in [-0.2, -0.15) is 0 Å². The smallest absolute Gasteiger partial charge is 0.255 e.